The fourth-order valence-electron chi connectivity index (χ4n) is 3.67. The summed E-state index contributed by atoms with van der Waals surface area (Å²) < 4.78 is 10.5. The zero-order valence-corrected chi connectivity index (χ0v) is 17.4. The molecule has 2 N–H and O–H groups in total. The second kappa shape index (κ2) is 7.96. The van der Waals surface area contributed by atoms with E-state index in [1.54, 1.807) is 14.2 Å². The summed E-state index contributed by atoms with van der Waals surface area (Å²) in [6.07, 6.45) is 0. The quantitative estimate of drug-likeness (QED) is 0.634. The van der Waals surface area contributed by atoms with Crippen molar-refractivity contribution in [3.63, 3.8) is 0 Å². The molecular formula is C21H19NO5S2. The molecule has 0 aliphatic carbocycles. The van der Waals surface area contributed by atoms with Crippen LogP contribution in [0.15, 0.2) is 58.4 Å². The molecule has 3 aromatic rings. The van der Waals surface area contributed by atoms with E-state index < -0.39 is 17.8 Å². The number of H-pyrrole nitrogens is 1. The largest absolute Gasteiger partial charge is 0.497 e. The van der Waals surface area contributed by atoms with E-state index in [9.17, 15) is 14.7 Å². The number of carboxylic acids is 1. The highest BCUT2D eigenvalue weighted by Gasteiger charge is 2.45. The molecule has 1 aromatic heterocycles. The molecule has 0 fully saturated rings. The lowest BCUT2D eigenvalue weighted by atomic mass is 9.80. The molecule has 0 amide bonds. The smallest absolute Gasteiger partial charge is 0.308 e. The van der Waals surface area contributed by atoms with Crippen LogP contribution in [-0.4, -0.2) is 30.3 Å². The van der Waals surface area contributed by atoms with Gasteiger partial charge in [0.05, 0.1) is 30.4 Å². The Balaban J connectivity index is 1.85. The van der Waals surface area contributed by atoms with E-state index in [1.807, 2.05) is 48.5 Å². The molecule has 8 heteroatoms. The Kier molecular flexibility index (Phi) is 5.38. The van der Waals surface area contributed by atoms with Crippen LogP contribution in [0.2, 0.25) is 0 Å². The summed E-state index contributed by atoms with van der Waals surface area (Å²) in [4.78, 5) is 28.0. The van der Waals surface area contributed by atoms with Crippen LogP contribution in [0.1, 0.15) is 27.2 Å². The van der Waals surface area contributed by atoms with Gasteiger partial charge in [-0.05, 0) is 35.4 Å². The van der Waals surface area contributed by atoms with Crippen LogP contribution >= 0.6 is 23.1 Å². The van der Waals surface area contributed by atoms with Crippen LogP contribution in [0.5, 0.6) is 11.5 Å². The lowest BCUT2D eigenvalue weighted by molar-refractivity contribution is -0.142. The number of aromatic amines is 1. The van der Waals surface area contributed by atoms with Gasteiger partial charge in [-0.1, -0.05) is 47.4 Å². The molecule has 0 saturated heterocycles. The number of benzene rings is 2. The number of rotatable bonds is 5. The van der Waals surface area contributed by atoms with Crippen molar-refractivity contribution in [3.05, 3.63) is 74.2 Å². The first kappa shape index (κ1) is 19.6. The number of thiazole rings is 1. The summed E-state index contributed by atoms with van der Waals surface area (Å²) in [6.45, 7) is 0. The number of aliphatic carboxylic acids is 1. The van der Waals surface area contributed by atoms with Gasteiger partial charge in [-0.25, -0.2) is 0 Å². The molecule has 6 nitrogen and oxygen atoms in total. The Morgan fingerprint density at radius 1 is 0.966 bits per heavy atom. The van der Waals surface area contributed by atoms with Gasteiger partial charge >= 0.3 is 10.8 Å². The molecule has 150 valence electrons. The highest BCUT2D eigenvalue weighted by Crippen LogP contribution is 2.55. The highest BCUT2D eigenvalue weighted by atomic mass is 32.2. The number of carboxylic acid groups (broad SMARTS) is 1. The number of nitrogens with one attached hydrogen (secondary N) is 1. The second-order valence-electron chi connectivity index (χ2n) is 6.63. The van der Waals surface area contributed by atoms with Crippen molar-refractivity contribution in [2.75, 3.05) is 14.2 Å². The third-order valence-electron chi connectivity index (χ3n) is 5.06. The number of hydrogen-bond acceptors (Lipinski definition) is 6. The first-order valence-corrected chi connectivity index (χ1v) is 10.6. The fourth-order valence-corrected chi connectivity index (χ4v) is 6.27. The number of carbonyl (C=O) groups is 1. The van der Waals surface area contributed by atoms with Crippen molar-refractivity contribution < 1.29 is 19.4 Å². The van der Waals surface area contributed by atoms with E-state index in [0.717, 1.165) is 32.4 Å². The van der Waals surface area contributed by atoms with Gasteiger partial charge in [0.1, 0.15) is 11.5 Å². The molecule has 3 atom stereocenters. The molecule has 0 saturated carbocycles. The summed E-state index contributed by atoms with van der Waals surface area (Å²) in [5, 5.41) is 10.6. The Morgan fingerprint density at radius 2 is 1.52 bits per heavy atom. The van der Waals surface area contributed by atoms with Gasteiger partial charge in [-0.3, -0.25) is 9.59 Å². The van der Waals surface area contributed by atoms with Gasteiger partial charge in [0.2, 0.25) is 0 Å². The van der Waals surface area contributed by atoms with E-state index >= 15 is 0 Å². The highest BCUT2D eigenvalue weighted by molar-refractivity contribution is 7.99. The van der Waals surface area contributed by atoms with Crippen molar-refractivity contribution in [3.8, 4) is 11.5 Å². The van der Waals surface area contributed by atoms with E-state index in [4.69, 9.17) is 9.47 Å². The van der Waals surface area contributed by atoms with E-state index in [-0.39, 0.29) is 10.1 Å². The minimum Gasteiger partial charge on any atom is -0.497 e. The Hall–Kier alpha value is -2.71. The summed E-state index contributed by atoms with van der Waals surface area (Å²) in [5.41, 5.74) is 1.72. The maximum atomic E-state index is 12.4. The van der Waals surface area contributed by atoms with Crippen molar-refractivity contribution in [1.82, 2.24) is 4.98 Å². The number of hydrogen-bond donors (Lipinski definition) is 2. The summed E-state index contributed by atoms with van der Waals surface area (Å²) in [7, 11) is 3.18. The topological polar surface area (TPSA) is 88.6 Å². The monoisotopic (exact) mass is 429 g/mol. The van der Waals surface area contributed by atoms with E-state index in [1.165, 1.54) is 11.8 Å². The van der Waals surface area contributed by atoms with Crippen molar-refractivity contribution in [1.29, 1.82) is 0 Å². The molecule has 0 radical (unpaired) electrons. The van der Waals surface area contributed by atoms with Gasteiger partial charge in [0.25, 0.3) is 0 Å². The third kappa shape index (κ3) is 3.65. The number of methoxy groups -OCH3 is 2. The van der Waals surface area contributed by atoms with E-state index in [0.29, 0.717) is 11.5 Å². The Bertz CT molecular complexity index is 1070. The van der Waals surface area contributed by atoms with Crippen LogP contribution in [0.4, 0.5) is 0 Å². The molecule has 0 bridgehead atoms. The standard InChI is InChI=1S/C21H19NO5S2/c1-26-13-7-3-11(4-8-13)15-16(20(23)24)17(12-5-9-14(27-2)10-6-12)28-19-18(15)29-21(25)22-19/h3-10,15-17H,1-2H3,(H,22,25)(H,23,24)/t15-,16+,17+/m1/s1. The number of aromatic nitrogens is 1. The van der Waals surface area contributed by atoms with Gasteiger partial charge in [-0.15, -0.1) is 0 Å². The molecule has 0 unspecified atom stereocenters. The first-order valence-electron chi connectivity index (χ1n) is 8.92. The number of thioether (sulfide) groups is 1. The molecule has 1 aliphatic rings. The minimum absolute atomic E-state index is 0.180. The molecule has 2 heterocycles. The Morgan fingerprint density at radius 3 is 2.03 bits per heavy atom. The van der Waals surface area contributed by atoms with Gasteiger partial charge in [-0.2, -0.15) is 0 Å². The molecular weight excluding hydrogens is 410 g/mol. The molecule has 2 aromatic carbocycles. The predicted octanol–water partition coefficient (Wildman–Crippen LogP) is 4.13. The second-order valence-corrected chi connectivity index (χ2v) is 8.80. The summed E-state index contributed by atoms with van der Waals surface area (Å²) in [6, 6.07) is 14.8. The molecule has 29 heavy (non-hydrogen) atoms. The molecule has 1 aliphatic heterocycles. The summed E-state index contributed by atoms with van der Waals surface area (Å²) in [5.74, 6) is -0.671. The average Bonchev–Trinajstić information content (AvgIpc) is 3.12. The number of ether oxygens (including phenoxy) is 2. The SMILES string of the molecule is COc1ccc([C@H]2c3sc(=O)[nH]c3S[C@@H](c3ccc(OC)cc3)[C@H]2C(=O)O)cc1. The van der Waals surface area contributed by atoms with Crippen LogP contribution < -0.4 is 14.3 Å². The van der Waals surface area contributed by atoms with Crippen LogP contribution in [0, 0.1) is 5.92 Å². The lowest BCUT2D eigenvalue weighted by Crippen LogP contribution is -2.30. The van der Waals surface area contributed by atoms with Crippen LogP contribution in [-0.2, 0) is 4.79 Å². The maximum absolute atomic E-state index is 12.4. The first-order chi connectivity index (χ1) is 14.0. The van der Waals surface area contributed by atoms with Crippen molar-refractivity contribution in [2.45, 2.75) is 16.2 Å². The maximum Gasteiger partial charge on any atom is 0.308 e. The molecule has 0 spiro atoms. The van der Waals surface area contributed by atoms with Gasteiger partial charge < -0.3 is 19.6 Å². The summed E-state index contributed by atoms with van der Waals surface area (Å²) >= 11 is 2.48. The zero-order valence-electron chi connectivity index (χ0n) is 15.7. The van der Waals surface area contributed by atoms with Crippen LogP contribution in [0.25, 0.3) is 0 Å². The molecule has 4 rings (SSSR count). The normalized spacial score (nSPS) is 20.7. The minimum atomic E-state index is -0.898. The third-order valence-corrected chi connectivity index (χ3v) is 7.53. The van der Waals surface area contributed by atoms with Crippen molar-refractivity contribution in [2.24, 2.45) is 5.92 Å². The van der Waals surface area contributed by atoms with Gasteiger partial charge in [0, 0.05) is 10.8 Å². The number of fused-ring (bicyclic) bond motifs is 1. The zero-order chi connectivity index (χ0) is 20.5. The van der Waals surface area contributed by atoms with Gasteiger partial charge in [0.15, 0.2) is 0 Å². The van der Waals surface area contributed by atoms with Crippen LogP contribution in [0.3, 0.4) is 0 Å². The van der Waals surface area contributed by atoms with E-state index in [2.05, 4.69) is 4.98 Å². The fraction of sp³-hybridized carbons (Fsp3) is 0.238. The lowest BCUT2D eigenvalue weighted by Gasteiger charge is -2.35. The predicted molar refractivity (Wildman–Crippen MR) is 112 cm³/mol. The van der Waals surface area contributed by atoms with Crippen molar-refractivity contribution >= 4 is 29.1 Å². The average molecular weight is 430 g/mol. The Labute approximate surface area is 175 Å².